The Hall–Kier alpha value is -4.75. The molecule has 2 aromatic carbocycles. The van der Waals surface area contributed by atoms with Gasteiger partial charge in [0.05, 0.1) is 23.4 Å². The van der Waals surface area contributed by atoms with E-state index in [1.807, 2.05) is 32.0 Å². The van der Waals surface area contributed by atoms with E-state index in [0.717, 1.165) is 27.9 Å². The predicted molar refractivity (Wildman–Crippen MR) is 126 cm³/mol. The fourth-order valence-corrected chi connectivity index (χ4v) is 3.68. The van der Waals surface area contributed by atoms with Crippen LogP contribution in [0.2, 0.25) is 0 Å². The van der Waals surface area contributed by atoms with Gasteiger partial charge in [0.25, 0.3) is 0 Å². The van der Waals surface area contributed by atoms with E-state index >= 15 is 0 Å². The SMILES string of the molecule is Cc1cc(/C=C/C#N)cc(C)c1-c1nccc2c(N)nc(Nc3ccc(C#N)cc3)nc12. The standard InChI is InChI=1S/C25H19N7/c1-15-12-18(4-3-10-26)13-16(2)21(15)23-22-20(9-11-29-23)24(28)32-25(31-22)30-19-7-5-17(14-27)6-8-19/h3-9,11-13H,1-2H3,(H3,28,30,31,32)/b4-3+. The number of nitrogens with two attached hydrogens (primary N) is 1. The molecule has 0 bridgehead atoms. The van der Waals surface area contributed by atoms with Gasteiger partial charge in [-0.3, -0.25) is 4.98 Å². The van der Waals surface area contributed by atoms with Crippen LogP contribution >= 0.6 is 0 Å². The largest absolute Gasteiger partial charge is 0.383 e. The Morgan fingerprint density at radius 1 is 1.00 bits per heavy atom. The minimum atomic E-state index is 0.345. The van der Waals surface area contributed by atoms with E-state index in [9.17, 15) is 0 Å². The number of hydrogen-bond acceptors (Lipinski definition) is 7. The van der Waals surface area contributed by atoms with E-state index in [1.165, 1.54) is 6.08 Å². The molecule has 2 heterocycles. The molecule has 0 fully saturated rings. The lowest BCUT2D eigenvalue weighted by atomic mass is 9.95. The molecule has 0 amide bonds. The highest BCUT2D eigenvalue weighted by atomic mass is 15.1. The molecule has 0 saturated heterocycles. The third kappa shape index (κ3) is 3.96. The molecular weight excluding hydrogens is 398 g/mol. The van der Waals surface area contributed by atoms with Gasteiger partial charge in [-0.25, -0.2) is 4.98 Å². The van der Waals surface area contributed by atoms with Crippen LogP contribution in [-0.2, 0) is 0 Å². The Bertz CT molecular complexity index is 1420. The summed E-state index contributed by atoms with van der Waals surface area (Å²) in [6.07, 6.45) is 4.94. The maximum absolute atomic E-state index is 8.98. The lowest BCUT2D eigenvalue weighted by Crippen LogP contribution is -2.04. The second-order valence-corrected chi connectivity index (χ2v) is 7.29. The normalized spacial score (nSPS) is 10.8. The smallest absolute Gasteiger partial charge is 0.229 e. The topological polar surface area (TPSA) is 124 Å². The number of pyridine rings is 1. The molecule has 0 aliphatic heterocycles. The van der Waals surface area contributed by atoms with Crippen molar-refractivity contribution in [3.63, 3.8) is 0 Å². The van der Waals surface area contributed by atoms with E-state index in [4.69, 9.17) is 21.2 Å². The number of rotatable bonds is 4. The summed E-state index contributed by atoms with van der Waals surface area (Å²) in [6.45, 7) is 4.01. The van der Waals surface area contributed by atoms with Crippen molar-refractivity contribution < 1.29 is 0 Å². The number of aryl methyl sites for hydroxylation is 2. The summed E-state index contributed by atoms with van der Waals surface area (Å²) in [7, 11) is 0. The quantitative estimate of drug-likeness (QED) is 0.445. The Labute approximate surface area is 185 Å². The summed E-state index contributed by atoms with van der Waals surface area (Å²) >= 11 is 0. The lowest BCUT2D eigenvalue weighted by molar-refractivity contribution is 1.20. The number of nitriles is 2. The molecule has 154 valence electrons. The van der Waals surface area contributed by atoms with Gasteiger partial charge in [-0.15, -0.1) is 0 Å². The Balaban J connectivity index is 1.83. The van der Waals surface area contributed by atoms with Gasteiger partial charge in [0.15, 0.2) is 0 Å². The second-order valence-electron chi connectivity index (χ2n) is 7.29. The van der Waals surface area contributed by atoms with Gasteiger partial charge >= 0.3 is 0 Å². The highest BCUT2D eigenvalue weighted by molar-refractivity contribution is 5.98. The fourth-order valence-electron chi connectivity index (χ4n) is 3.68. The summed E-state index contributed by atoms with van der Waals surface area (Å²) in [5, 5.41) is 21.7. The molecule has 7 heteroatoms. The highest BCUT2D eigenvalue weighted by Crippen LogP contribution is 2.34. The summed E-state index contributed by atoms with van der Waals surface area (Å²) in [5.74, 6) is 0.691. The first kappa shape index (κ1) is 20.5. The molecule has 0 atom stereocenters. The number of hydrogen-bond donors (Lipinski definition) is 2. The summed E-state index contributed by atoms with van der Waals surface area (Å²) in [4.78, 5) is 13.7. The summed E-state index contributed by atoms with van der Waals surface area (Å²) in [5.41, 5.74) is 12.9. The minimum absolute atomic E-state index is 0.345. The number of nitrogens with zero attached hydrogens (tertiary/aromatic N) is 5. The highest BCUT2D eigenvalue weighted by Gasteiger charge is 2.16. The van der Waals surface area contributed by atoms with Crippen molar-refractivity contribution in [3.8, 4) is 23.4 Å². The molecule has 32 heavy (non-hydrogen) atoms. The van der Waals surface area contributed by atoms with Crippen molar-refractivity contribution in [1.29, 1.82) is 10.5 Å². The third-order valence-corrected chi connectivity index (χ3v) is 5.06. The summed E-state index contributed by atoms with van der Waals surface area (Å²) in [6, 6.07) is 16.9. The molecule has 3 N–H and O–H groups in total. The van der Waals surface area contributed by atoms with Crippen LogP contribution in [0.5, 0.6) is 0 Å². The zero-order valence-electron chi connectivity index (χ0n) is 17.6. The number of fused-ring (bicyclic) bond motifs is 1. The van der Waals surface area contributed by atoms with Crippen LogP contribution in [0.15, 0.2) is 54.7 Å². The van der Waals surface area contributed by atoms with Crippen molar-refractivity contribution in [3.05, 3.63) is 77.0 Å². The predicted octanol–water partition coefficient (Wildman–Crippen LogP) is 5.04. The van der Waals surface area contributed by atoms with Crippen LogP contribution in [0, 0.1) is 36.5 Å². The molecular formula is C25H19N7. The van der Waals surface area contributed by atoms with E-state index in [1.54, 1.807) is 42.6 Å². The van der Waals surface area contributed by atoms with Crippen LogP contribution in [0.3, 0.4) is 0 Å². The summed E-state index contributed by atoms with van der Waals surface area (Å²) < 4.78 is 0. The number of allylic oxidation sites excluding steroid dienone is 1. The molecule has 0 unspecified atom stereocenters. The Morgan fingerprint density at radius 3 is 2.38 bits per heavy atom. The van der Waals surface area contributed by atoms with Crippen LogP contribution in [-0.4, -0.2) is 15.0 Å². The van der Waals surface area contributed by atoms with Gasteiger partial charge < -0.3 is 11.1 Å². The average molecular weight is 417 g/mol. The monoisotopic (exact) mass is 417 g/mol. The second kappa shape index (κ2) is 8.55. The number of benzene rings is 2. The number of aromatic nitrogens is 3. The van der Waals surface area contributed by atoms with Crippen LogP contribution < -0.4 is 11.1 Å². The van der Waals surface area contributed by atoms with Crippen LogP contribution in [0.1, 0.15) is 22.3 Å². The molecule has 4 aromatic rings. The van der Waals surface area contributed by atoms with Crippen molar-refractivity contribution >= 4 is 34.4 Å². The van der Waals surface area contributed by atoms with Crippen LogP contribution in [0.4, 0.5) is 17.5 Å². The van der Waals surface area contributed by atoms with Gasteiger partial charge in [0, 0.05) is 28.9 Å². The van der Waals surface area contributed by atoms with E-state index in [-0.39, 0.29) is 0 Å². The van der Waals surface area contributed by atoms with Gasteiger partial charge in [0.1, 0.15) is 11.3 Å². The molecule has 2 aromatic heterocycles. The first-order valence-corrected chi connectivity index (χ1v) is 9.87. The average Bonchev–Trinajstić information content (AvgIpc) is 2.78. The van der Waals surface area contributed by atoms with Crippen molar-refractivity contribution in [1.82, 2.24) is 15.0 Å². The third-order valence-electron chi connectivity index (χ3n) is 5.06. The zero-order valence-corrected chi connectivity index (χ0v) is 17.6. The number of anilines is 3. The van der Waals surface area contributed by atoms with Crippen molar-refractivity contribution in [2.24, 2.45) is 0 Å². The lowest BCUT2D eigenvalue weighted by Gasteiger charge is -2.14. The van der Waals surface area contributed by atoms with Gasteiger partial charge in [-0.1, -0.05) is 12.1 Å². The van der Waals surface area contributed by atoms with Gasteiger partial charge in [0.2, 0.25) is 5.95 Å². The molecule has 4 rings (SSSR count). The molecule has 7 nitrogen and oxygen atoms in total. The Morgan fingerprint density at radius 2 is 1.72 bits per heavy atom. The minimum Gasteiger partial charge on any atom is -0.383 e. The van der Waals surface area contributed by atoms with Gasteiger partial charge in [-0.2, -0.15) is 15.5 Å². The van der Waals surface area contributed by atoms with E-state index in [0.29, 0.717) is 33.9 Å². The first-order chi connectivity index (χ1) is 15.5. The fraction of sp³-hybridized carbons (Fsp3) is 0.0800. The van der Waals surface area contributed by atoms with E-state index < -0.39 is 0 Å². The molecule has 0 saturated carbocycles. The first-order valence-electron chi connectivity index (χ1n) is 9.87. The van der Waals surface area contributed by atoms with Crippen LogP contribution in [0.25, 0.3) is 28.2 Å². The molecule has 0 aliphatic carbocycles. The number of nitrogen functional groups attached to an aromatic ring is 1. The zero-order chi connectivity index (χ0) is 22.7. The van der Waals surface area contributed by atoms with E-state index in [2.05, 4.69) is 21.4 Å². The van der Waals surface area contributed by atoms with Crippen molar-refractivity contribution in [2.75, 3.05) is 11.1 Å². The van der Waals surface area contributed by atoms with Gasteiger partial charge in [-0.05, 0) is 66.9 Å². The molecule has 0 radical (unpaired) electrons. The molecule has 0 spiro atoms. The maximum Gasteiger partial charge on any atom is 0.229 e. The Kier molecular flexibility index (Phi) is 5.48. The molecule has 0 aliphatic rings. The maximum atomic E-state index is 8.98. The van der Waals surface area contributed by atoms with Crippen molar-refractivity contribution in [2.45, 2.75) is 13.8 Å². The number of nitrogens with one attached hydrogen (secondary N) is 1.